The van der Waals surface area contributed by atoms with E-state index in [-0.39, 0.29) is 0 Å². The van der Waals surface area contributed by atoms with Crippen molar-refractivity contribution in [2.45, 2.75) is 12.5 Å². The van der Waals surface area contributed by atoms with Crippen molar-refractivity contribution in [3.05, 3.63) is 35.9 Å². The lowest BCUT2D eigenvalue weighted by molar-refractivity contribution is -0.139. The Kier molecular flexibility index (Phi) is 2.65. The zero-order valence-electron chi connectivity index (χ0n) is 7.32. The number of nitrogens with one attached hydrogen (secondary N) is 1. The Morgan fingerprint density at radius 2 is 2.00 bits per heavy atom. The summed E-state index contributed by atoms with van der Waals surface area (Å²) >= 11 is 0. The number of hydrogen-bond donors (Lipinski definition) is 3. The van der Waals surface area contributed by atoms with E-state index in [2.05, 4.69) is 0 Å². The maximum absolute atomic E-state index is 11.1. The molecule has 70 valence electrons. The standard InChI is InChI=1S/C9H12N2O2/c1-9(13,8(12)11-10)7-5-3-2-4-6-7/h2-6,13H,10H2,1H3,(H,11,12)/t9-/m1/s1. The molecule has 1 rings (SSSR count). The summed E-state index contributed by atoms with van der Waals surface area (Å²) in [5.41, 5.74) is 0.853. The smallest absolute Gasteiger partial charge is 0.270 e. The van der Waals surface area contributed by atoms with Gasteiger partial charge in [-0.25, -0.2) is 5.84 Å². The molecule has 0 spiro atoms. The summed E-state index contributed by atoms with van der Waals surface area (Å²) in [6, 6.07) is 8.62. The first-order valence-corrected chi connectivity index (χ1v) is 3.88. The molecule has 4 N–H and O–H groups in total. The fourth-order valence-electron chi connectivity index (χ4n) is 1.03. The molecule has 0 heterocycles. The number of carbonyl (C=O) groups is 1. The number of hydrazine groups is 1. The molecule has 0 aliphatic carbocycles. The molecule has 4 nitrogen and oxygen atoms in total. The lowest BCUT2D eigenvalue weighted by Gasteiger charge is -2.20. The van der Waals surface area contributed by atoms with Crippen LogP contribution in [0.15, 0.2) is 30.3 Å². The molecule has 1 aromatic rings. The molecule has 4 heteroatoms. The Balaban J connectivity index is 3.00. The summed E-state index contributed by atoms with van der Waals surface area (Å²) in [6.45, 7) is 1.39. The maximum atomic E-state index is 11.1. The predicted octanol–water partition coefficient (Wildman–Crippen LogP) is -0.116. The molecule has 1 aromatic carbocycles. The van der Waals surface area contributed by atoms with Crippen molar-refractivity contribution in [1.82, 2.24) is 5.43 Å². The van der Waals surface area contributed by atoms with E-state index in [4.69, 9.17) is 5.84 Å². The van der Waals surface area contributed by atoms with Gasteiger partial charge < -0.3 is 5.11 Å². The number of nitrogens with two attached hydrogens (primary N) is 1. The van der Waals surface area contributed by atoms with Crippen LogP contribution in [0.3, 0.4) is 0 Å². The van der Waals surface area contributed by atoms with Crippen LogP contribution in [-0.2, 0) is 10.4 Å². The normalized spacial score (nSPS) is 14.7. The highest BCUT2D eigenvalue weighted by Gasteiger charge is 2.31. The number of rotatable bonds is 2. The minimum absolute atomic E-state index is 0.512. The van der Waals surface area contributed by atoms with Crippen molar-refractivity contribution in [3.63, 3.8) is 0 Å². The van der Waals surface area contributed by atoms with Crippen LogP contribution in [0, 0.1) is 0 Å². The number of benzene rings is 1. The van der Waals surface area contributed by atoms with Gasteiger partial charge in [0.05, 0.1) is 0 Å². The molecule has 1 amide bonds. The van der Waals surface area contributed by atoms with Crippen molar-refractivity contribution in [2.24, 2.45) is 5.84 Å². The largest absolute Gasteiger partial charge is 0.375 e. The highest BCUT2D eigenvalue weighted by Crippen LogP contribution is 2.19. The van der Waals surface area contributed by atoms with Crippen molar-refractivity contribution < 1.29 is 9.90 Å². The summed E-state index contributed by atoms with van der Waals surface area (Å²) in [7, 11) is 0. The van der Waals surface area contributed by atoms with Crippen LogP contribution in [-0.4, -0.2) is 11.0 Å². The van der Waals surface area contributed by atoms with Crippen molar-refractivity contribution in [3.8, 4) is 0 Å². The zero-order valence-corrected chi connectivity index (χ0v) is 7.32. The third-order valence-electron chi connectivity index (χ3n) is 1.91. The molecule has 1 atom stereocenters. The van der Waals surface area contributed by atoms with E-state index in [9.17, 15) is 9.90 Å². The summed E-state index contributed by atoms with van der Waals surface area (Å²) in [4.78, 5) is 11.1. The number of hydrogen-bond acceptors (Lipinski definition) is 3. The number of aliphatic hydroxyl groups is 1. The van der Waals surface area contributed by atoms with Crippen LogP contribution >= 0.6 is 0 Å². The van der Waals surface area contributed by atoms with Crippen molar-refractivity contribution in [2.75, 3.05) is 0 Å². The summed E-state index contributed by atoms with van der Waals surface area (Å²) in [6.07, 6.45) is 0. The SMILES string of the molecule is C[C@](O)(C(=O)NN)c1ccccc1. The fraction of sp³-hybridized carbons (Fsp3) is 0.222. The van der Waals surface area contributed by atoms with Gasteiger partial charge in [-0.15, -0.1) is 0 Å². The summed E-state index contributed by atoms with van der Waals surface area (Å²) in [5.74, 6) is 4.31. The third-order valence-corrected chi connectivity index (χ3v) is 1.91. The second kappa shape index (κ2) is 3.55. The van der Waals surface area contributed by atoms with Gasteiger partial charge in [0.2, 0.25) is 0 Å². The minimum Gasteiger partial charge on any atom is -0.375 e. The van der Waals surface area contributed by atoms with Crippen LogP contribution < -0.4 is 11.3 Å². The van der Waals surface area contributed by atoms with E-state index in [0.717, 1.165) is 0 Å². The van der Waals surface area contributed by atoms with Crippen LogP contribution in [0.4, 0.5) is 0 Å². The van der Waals surface area contributed by atoms with Gasteiger partial charge >= 0.3 is 0 Å². The second-order valence-corrected chi connectivity index (χ2v) is 2.91. The third kappa shape index (κ3) is 1.85. The van der Waals surface area contributed by atoms with Crippen molar-refractivity contribution in [1.29, 1.82) is 0 Å². The monoisotopic (exact) mass is 180 g/mol. The minimum atomic E-state index is -1.57. The van der Waals surface area contributed by atoms with Crippen molar-refractivity contribution >= 4 is 5.91 Å². The molecule has 0 bridgehead atoms. The predicted molar refractivity (Wildman–Crippen MR) is 48.3 cm³/mol. The van der Waals surface area contributed by atoms with Gasteiger partial charge in [0.25, 0.3) is 5.91 Å². The van der Waals surface area contributed by atoms with E-state index in [1.54, 1.807) is 30.3 Å². The molecule has 0 unspecified atom stereocenters. The van der Waals surface area contributed by atoms with E-state index in [0.29, 0.717) is 5.56 Å². The molecule has 0 aromatic heterocycles. The average Bonchev–Trinajstić information content (AvgIpc) is 2.18. The Hall–Kier alpha value is -1.39. The van der Waals surface area contributed by atoms with E-state index < -0.39 is 11.5 Å². The number of amides is 1. The van der Waals surface area contributed by atoms with Gasteiger partial charge in [0, 0.05) is 0 Å². The molecule has 0 aliphatic rings. The Labute approximate surface area is 76.3 Å². The summed E-state index contributed by atoms with van der Waals surface area (Å²) in [5, 5.41) is 9.76. The lowest BCUT2D eigenvalue weighted by atomic mass is 9.95. The van der Waals surface area contributed by atoms with Crippen LogP contribution in [0.1, 0.15) is 12.5 Å². The highest BCUT2D eigenvalue weighted by atomic mass is 16.3. The molecular formula is C9H12N2O2. The molecule has 0 fully saturated rings. The molecule has 0 saturated heterocycles. The molecule has 0 radical (unpaired) electrons. The van der Waals surface area contributed by atoms with Gasteiger partial charge in [0.15, 0.2) is 5.60 Å². The first-order chi connectivity index (χ1) is 6.09. The zero-order chi connectivity index (χ0) is 9.90. The molecule has 0 saturated carbocycles. The van der Waals surface area contributed by atoms with Gasteiger partial charge in [0.1, 0.15) is 0 Å². The Morgan fingerprint density at radius 1 is 1.46 bits per heavy atom. The average molecular weight is 180 g/mol. The molecule has 13 heavy (non-hydrogen) atoms. The van der Waals surface area contributed by atoms with Crippen LogP contribution in [0.5, 0.6) is 0 Å². The summed E-state index contributed by atoms with van der Waals surface area (Å²) < 4.78 is 0. The first-order valence-electron chi connectivity index (χ1n) is 3.88. The highest BCUT2D eigenvalue weighted by molar-refractivity contribution is 5.85. The Morgan fingerprint density at radius 3 is 2.46 bits per heavy atom. The van der Waals surface area contributed by atoms with Gasteiger partial charge in [-0.1, -0.05) is 30.3 Å². The maximum Gasteiger partial charge on any atom is 0.270 e. The second-order valence-electron chi connectivity index (χ2n) is 2.91. The number of carbonyl (C=O) groups excluding carboxylic acids is 1. The quantitative estimate of drug-likeness (QED) is 0.337. The lowest BCUT2D eigenvalue weighted by Crippen LogP contribution is -2.45. The van der Waals surface area contributed by atoms with Crippen LogP contribution in [0.2, 0.25) is 0 Å². The van der Waals surface area contributed by atoms with E-state index in [1.807, 2.05) is 5.43 Å². The van der Waals surface area contributed by atoms with Gasteiger partial charge in [-0.2, -0.15) is 0 Å². The topological polar surface area (TPSA) is 75.3 Å². The molecular weight excluding hydrogens is 168 g/mol. The van der Waals surface area contributed by atoms with E-state index in [1.165, 1.54) is 6.92 Å². The first kappa shape index (κ1) is 9.70. The van der Waals surface area contributed by atoms with Gasteiger partial charge in [-0.3, -0.25) is 10.2 Å². The van der Waals surface area contributed by atoms with E-state index >= 15 is 0 Å². The van der Waals surface area contributed by atoms with Crippen LogP contribution in [0.25, 0.3) is 0 Å². The van der Waals surface area contributed by atoms with Gasteiger partial charge in [-0.05, 0) is 12.5 Å². The molecule has 0 aliphatic heterocycles. The fourth-order valence-corrected chi connectivity index (χ4v) is 1.03. The Bertz CT molecular complexity index is 296.